The van der Waals surface area contributed by atoms with Gasteiger partial charge in [0.25, 0.3) is 0 Å². The second-order valence-electron chi connectivity index (χ2n) is 17.1. The summed E-state index contributed by atoms with van der Waals surface area (Å²) in [6.07, 6.45) is 9.94. The lowest BCUT2D eigenvalue weighted by Crippen LogP contribution is -2.63. The van der Waals surface area contributed by atoms with E-state index in [-0.39, 0.29) is 88.0 Å². The molecule has 0 spiro atoms. The highest BCUT2D eigenvalue weighted by Crippen LogP contribution is 2.49. The molecule has 4 aromatic rings. The summed E-state index contributed by atoms with van der Waals surface area (Å²) in [7, 11) is 1.49. The van der Waals surface area contributed by atoms with Crippen molar-refractivity contribution < 1.29 is 42.0 Å². The fourth-order valence-electron chi connectivity index (χ4n) is 9.03. The standard InChI is InChI=1S/C43H48F2N6O7/c1-6-28-30(44)10-8-25-18-27(57-24-53-5)19-29(33(25)28)36-35(45)37-34-38(48-40(47-37)56-23-43(12-13-43)22-49-14-7-16-54-17-15-49)50-20-26-9-11-31(32(50)21-55-39(34)46-36)51(26)41(52)58-42(2,3)4/h1,8,10,18-19,26,31-32H,7,9,11-17,20-24H2,2-5H3/t26-,31+,32-/m1/s1. The van der Waals surface area contributed by atoms with E-state index in [0.717, 1.165) is 58.3 Å². The zero-order valence-corrected chi connectivity index (χ0v) is 33.3. The Morgan fingerprint density at radius 2 is 1.90 bits per heavy atom. The Kier molecular flexibility index (Phi) is 9.93. The number of terminal acetylenes is 1. The summed E-state index contributed by atoms with van der Waals surface area (Å²) in [5.74, 6) is 1.88. The summed E-state index contributed by atoms with van der Waals surface area (Å²) < 4.78 is 68.5. The molecule has 306 valence electrons. The van der Waals surface area contributed by atoms with Crippen molar-refractivity contribution in [2.75, 3.05) is 71.4 Å². The summed E-state index contributed by atoms with van der Waals surface area (Å²) in [6, 6.07) is 5.29. The number of methoxy groups -OCH3 is 1. The number of nitrogens with zero attached hydrogens (tertiary/aromatic N) is 6. The van der Waals surface area contributed by atoms with Gasteiger partial charge in [-0.1, -0.05) is 12.0 Å². The highest BCUT2D eigenvalue weighted by atomic mass is 19.1. The minimum absolute atomic E-state index is 0.0231. The molecule has 6 heterocycles. The molecule has 1 saturated carbocycles. The fraction of sp³-hybridized carbons (Fsp3) is 0.535. The van der Waals surface area contributed by atoms with Crippen molar-refractivity contribution in [2.24, 2.45) is 5.41 Å². The average Bonchev–Trinajstić information content (AvgIpc) is 3.97. The third-order valence-electron chi connectivity index (χ3n) is 11.9. The molecule has 13 nitrogen and oxygen atoms in total. The van der Waals surface area contributed by atoms with Crippen LogP contribution < -0.4 is 19.1 Å². The van der Waals surface area contributed by atoms with E-state index in [0.29, 0.717) is 36.7 Å². The molecule has 3 saturated heterocycles. The van der Waals surface area contributed by atoms with Crippen molar-refractivity contribution in [3.05, 3.63) is 41.5 Å². The number of rotatable bonds is 9. The lowest BCUT2D eigenvalue weighted by atomic mass is 9.95. The van der Waals surface area contributed by atoms with E-state index in [1.54, 1.807) is 18.2 Å². The van der Waals surface area contributed by atoms with E-state index in [2.05, 4.69) is 15.7 Å². The molecule has 0 unspecified atom stereocenters. The molecular weight excluding hydrogens is 751 g/mol. The van der Waals surface area contributed by atoms with Crippen LogP contribution >= 0.6 is 0 Å². The molecule has 58 heavy (non-hydrogen) atoms. The van der Waals surface area contributed by atoms with Crippen LogP contribution in [-0.4, -0.2) is 121 Å². The van der Waals surface area contributed by atoms with Crippen LogP contribution in [0.2, 0.25) is 0 Å². The van der Waals surface area contributed by atoms with Crippen molar-refractivity contribution in [1.29, 1.82) is 0 Å². The molecule has 0 N–H and O–H groups in total. The lowest BCUT2D eigenvalue weighted by Gasteiger charge is -2.46. The lowest BCUT2D eigenvalue weighted by molar-refractivity contribution is 0.00537. The number of pyridine rings is 1. The van der Waals surface area contributed by atoms with Gasteiger partial charge in [0.15, 0.2) is 12.6 Å². The number of benzene rings is 2. The van der Waals surface area contributed by atoms with E-state index in [1.165, 1.54) is 13.2 Å². The van der Waals surface area contributed by atoms with Crippen LogP contribution in [0.25, 0.3) is 32.9 Å². The molecule has 15 heteroatoms. The van der Waals surface area contributed by atoms with Gasteiger partial charge in [-0.15, -0.1) is 6.42 Å². The molecule has 0 radical (unpaired) electrons. The van der Waals surface area contributed by atoms with Gasteiger partial charge in [0.2, 0.25) is 5.88 Å². The maximum Gasteiger partial charge on any atom is 0.410 e. The first-order valence-corrected chi connectivity index (χ1v) is 20.1. The molecule has 4 fully saturated rings. The molecular formula is C43H48F2N6O7. The van der Waals surface area contributed by atoms with Crippen LogP contribution in [0, 0.1) is 29.4 Å². The first-order valence-electron chi connectivity index (χ1n) is 20.1. The first kappa shape index (κ1) is 38.5. The van der Waals surface area contributed by atoms with E-state index in [4.69, 9.17) is 49.8 Å². The van der Waals surface area contributed by atoms with Gasteiger partial charge >= 0.3 is 12.1 Å². The van der Waals surface area contributed by atoms with E-state index >= 15 is 8.78 Å². The number of ether oxygens (including phenoxy) is 6. The molecule has 1 amide bonds. The van der Waals surface area contributed by atoms with Crippen molar-refractivity contribution in [3.8, 4) is 41.2 Å². The van der Waals surface area contributed by atoms with Gasteiger partial charge in [-0.05, 0) is 76.5 Å². The summed E-state index contributed by atoms with van der Waals surface area (Å²) in [5.41, 5.74) is -0.838. The maximum absolute atomic E-state index is 17.6. The van der Waals surface area contributed by atoms with Gasteiger partial charge in [0.1, 0.15) is 46.2 Å². The summed E-state index contributed by atoms with van der Waals surface area (Å²) in [4.78, 5) is 34.6. The van der Waals surface area contributed by atoms with E-state index in [1.807, 2.05) is 25.7 Å². The summed E-state index contributed by atoms with van der Waals surface area (Å²) in [5, 5.41) is 1.08. The minimum atomic E-state index is -0.784. The van der Waals surface area contributed by atoms with Crippen LogP contribution in [0.15, 0.2) is 24.3 Å². The van der Waals surface area contributed by atoms with E-state index in [9.17, 15) is 4.79 Å². The van der Waals surface area contributed by atoms with Gasteiger partial charge in [0.05, 0.1) is 36.9 Å². The number of fused-ring (bicyclic) bond motifs is 6. The predicted molar refractivity (Wildman–Crippen MR) is 211 cm³/mol. The average molecular weight is 799 g/mol. The second kappa shape index (κ2) is 15.0. The number of anilines is 1. The van der Waals surface area contributed by atoms with Crippen molar-refractivity contribution >= 4 is 33.6 Å². The summed E-state index contributed by atoms with van der Waals surface area (Å²) >= 11 is 0. The number of halogens is 2. The molecule has 1 aliphatic carbocycles. The Morgan fingerprint density at radius 3 is 2.67 bits per heavy atom. The minimum Gasteiger partial charge on any atom is -0.475 e. The van der Waals surface area contributed by atoms with Crippen LogP contribution in [0.3, 0.4) is 0 Å². The number of piperazine rings is 1. The maximum atomic E-state index is 17.6. The number of amides is 1. The second-order valence-corrected chi connectivity index (χ2v) is 17.1. The van der Waals surface area contributed by atoms with Gasteiger partial charge < -0.3 is 38.2 Å². The number of carbonyl (C=O) groups excluding carboxylic acids is 1. The summed E-state index contributed by atoms with van der Waals surface area (Å²) in [6.45, 7) is 10.5. The largest absolute Gasteiger partial charge is 0.475 e. The fourth-order valence-corrected chi connectivity index (χ4v) is 9.03. The smallest absolute Gasteiger partial charge is 0.410 e. The monoisotopic (exact) mass is 798 g/mol. The third-order valence-corrected chi connectivity index (χ3v) is 11.9. The molecule has 2 aromatic carbocycles. The Bertz CT molecular complexity index is 2300. The van der Waals surface area contributed by atoms with Crippen LogP contribution in [0.5, 0.6) is 17.6 Å². The third kappa shape index (κ3) is 7.09. The Morgan fingerprint density at radius 1 is 1.05 bits per heavy atom. The highest BCUT2D eigenvalue weighted by Gasteiger charge is 2.52. The van der Waals surface area contributed by atoms with Crippen LogP contribution in [0.1, 0.15) is 58.4 Å². The first-order chi connectivity index (χ1) is 28.0. The van der Waals surface area contributed by atoms with Gasteiger partial charge in [-0.25, -0.2) is 18.6 Å². The van der Waals surface area contributed by atoms with Gasteiger partial charge in [-0.2, -0.15) is 9.97 Å². The molecule has 3 atom stereocenters. The Balaban J connectivity index is 1.17. The molecule has 5 aliphatic rings. The molecule has 9 rings (SSSR count). The van der Waals surface area contributed by atoms with Crippen LogP contribution in [-0.2, 0) is 14.2 Å². The topological polar surface area (TPSA) is 121 Å². The molecule has 4 aliphatic heterocycles. The highest BCUT2D eigenvalue weighted by molar-refractivity contribution is 6.04. The number of aromatic nitrogens is 3. The van der Waals surface area contributed by atoms with Crippen LogP contribution in [0.4, 0.5) is 19.4 Å². The number of carbonyl (C=O) groups is 1. The Hall–Kier alpha value is -5.04. The zero-order chi connectivity index (χ0) is 40.3. The number of hydrogen-bond donors (Lipinski definition) is 0. The van der Waals surface area contributed by atoms with Gasteiger partial charge in [-0.3, -0.25) is 4.90 Å². The van der Waals surface area contributed by atoms with Crippen molar-refractivity contribution in [1.82, 2.24) is 24.8 Å². The zero-order valence-electron chi connectivity index (χ0n) is 33.3. The van der Waals surface area contributed by atoms with E-state index < -0.39 is 17.2 Å². The molecule has 2 bridgehead atoms. The van der Waals surface area contributed by atoms with Crippen molar-refractivity contribution in [2.45, 2.75) is 76.6 Å². The Labute approximate surface area is 335 Å². The molecule has 2 aromatic heterocycles. The normalized spacial score (nSPS) is 22.5. The van der Waals surface area contributed by atoms with Crippen molar-refractivity contribution in [3.63, 3.8) is 0 Å². The SMILES string of the molecule is C#Cc1c(F)ccc2cc(OCOC)cc(-c3nc4c5c(nc(OCC6(CN7CCCOCC7)CC6)nc5c3F)N3C[C@H]5CC[C@@H]([C@H]3CO4)N5C(=O)OC(C)(C)C)c12. The van der Waals surface area contributed by atoms with Gasteiger partial charge in [0, 0.05) is 56.3 Å². The predicted octanol–water partition coefficient (Wildman–Crippen LogP) is 6.32. The quantitative estimate of drug-likeness (QED) is 0.139. The number of hydrogen-bond acceptors (Lipinski definition) is 12.